The molecule has 1 fully saturated rings. The molecule has 0 spiro atoms. The minimum atomic E-state index is 0.0160. The van der Waals surface area contributed by atoms with Crippen molar-refractivity contribution in [2.24, 2.45) is 0 Å². The molecule has 0 heterocycles. The maximum Gasteiger partial charge on any atom is 0.140 e. The standard InChI is InChI=1S/C12H10BrClO2/c13-11-5-7(1-2-12(11)14)8-3-9(15)6-10(16)4-8/h1-2,5,8H,3-4,6H2. The summed E-state index contributed by atoms with van der Waals surface area (Å²) in [5.41, 5.74) is 0.998. The molecule has 0 unspecified atom stereocenters. The van der Waals surface area contributed by atoms with E-state index in [4.69, 9.17) is 11.6 Å². The summed E-state index contributed by atoms with van der Waals surface area (Å²) in [6.07, 6.45) is 1.02. The number of benzene rings is 1. The molecule has 4 heteroatoms. The highest BCUT2D eigenvalue weighted by molar-refractivity contribution is 9.10. The van der Waals surface area contributed by atoms with E-state index in [-0.39, 0.29) is 23.9 Å². The molecule has 0 amide bonds. The molecular weight excluding hydrogens is 291 g/mol. The number of hydrogen-bond donors (Lipinski definition) is 0. The van der Waals surface area contributed by atoms with Gasteiger partial charge < -0.3 is 0 Å². The van der Waals surface area contributed by atoms with Crippen LogP contribution in [-0.4, -0.2) is 11.6 Å². The van der Waals surface area contributed by atoms with Gasteiger partial charge in [-0.3, -0.25) is 9.59 Å². The summed E-state index contributed by atoms with van der Waals surface area (Å²) < 4.78 is 0.803. The minimum Gasteiger partial charge on any atom is -0.299 e. The molecule has 1 saturated carbocycles. The molecule has 0 aliphatic heterocycles. The first-order valence-electron chi connectivity index (χ1n) is 5.04. The van der Waals surface area contributed by atoms with Gasteiger partial charge in [-0.05, 0) is 39.5 Å². The lowest BCUT2D eigenvalue weighted by atomic mass is 9.83. The van der Waals surface area contributed by atoms with Crippen molar-refractivity contribution in [3.05, 3.63) is 33.3 Å². The highest BCUT2D eigenvalue weighted by atomic mass is 79.9. The van der Waals surface area contributed by atoms with Crippen LogP contribution in [0.5, 0.6) is 0 Å². The molecule has 1 aromatic rings. The van der Waals surface area contributed by atoms with Crippen LogP contribution in [0.15, 0.2) is 22.7 Å². The highest BCUT2D eigenvalue weighted by Crippen LogP contribution is 2.33. The summed E-state index contributed by atoms with van der Waals surface area (Å²) in [5, 5.41) is 0.636. The molecular formula is C12H10BrClO2. The topological polar surface area (TPSA) is 34.1 Å². The average molecular weight is 302 g/mol. The lowest BCUT2D eigenvalue weighted by Gasteiger charge is -2.20. The van der Waals surface area contributed by atoms with E-state index < -0.39 is 0 Å². The molecule has 1 aromatic carbocycles. The van der Waals surface area contributed by atoms with Gasteiger partial charge in [-0.15, -0.1) is 0 Å². The Labute approximate surface area is 107 Å². The Bertz CT molecular complexity index is 440. The fourth-order valence-electron chi connectivity index (χ4n) is 1.99. The van der Waals surface area contributed by atoms with Crippen molar-refractivity contribution < 1.29 is 9.59 Å². The third-order valence-electron chi connectivity index (χ3n) is 2.76. The Morgan fingerprint density at radius 1 is 1.19 bits per heavy atom. The van der Waals surface area contributed by atoms with Gasteiger partial charge in [0, 0.05) is 17.3 Å². The monoisotopic (exact) mass is 300 g/mol. The van der Waals surface area contributed by atoms with E-state index in [0.717, 1.165) is 10.0 Å². The molecule has 0 aromatic heterocycles. The first-order chi connectivity index (χ1) is 7.56. The van der Waals surface area contributed by atoms with Crippen molar-refractivity contribution in [1.29, 1.82) is 0 Å². The molecule has 84 valence electrons. The van der Waals surface area contributed by atoms with Crippen LogP contribution in [0.1, 0.15) is 30.7 Å². The molecule has 2 nitrogen and oxygen atoms in total. The minimum absolute atomic E-state index is 0.0160. The molecule has 2 rings (SSSR count). The Kier molecular flexibility index (Phi) is 3.45. The number of halogens is 2. The quantitative estimate of drug-likeness (QED) is 0.744. The summed E-state index contributed by atoms with van der Waals surface area (Å²) >= 11 is 9.24. The number of rotatable bonds is 1. The van der Waals surface area contributed by atoms with Crippen LogP contribution in [0.4, 0.5) is 0 Å². The molecule has 1 aliphatic carbocycles. The van der Waals surface area contributed by atoms with Gasteiger partial charge in [0.1, 0.15) is 11.6 Å². The first kappa shape index (κ1) is 11.8. The molecule has 16 heavy (non-hydrogen) atoms. The Hall–Kier alpha value is -0.670. The lowest BCUT2D eigenvalue weighted by molar-refractivity contribution is -0.130. The lowest BCUT2D eigenvalue weighted by Crippen LogP contribution is -2.21. The first-order valence-corrected chi connectivity index (χ1v) is 6.21. The predicted octanol–water partition coefficient (Wildman–Crippen LogP) is 3.51. The summed E-state index contributed by atoms with van der Waals surface area (Å²) in [7, 11) is 0. The van der Waals surface area contributed by atoms with Crippen molar-refractivity contribution >= 4 is 39.1 Å². The average Bonchev–Trinajstić information content (AvgIpc) is 2.20. The predicted molar refractivity (Wildman–Crippen MR) is 65.8 cm³/mol. The van der Waals surface area contributed by atoms with Crippen LogP contribution in [-0.2, 0) is 9.59 Å². The zero-order chi connectivity index (χ0) is 11.7. The fraction of sp³-hybridized carbons (Fsp3) is 0.333. The maximum absolute atomic E-state index is 11.4. The van der Waals surface area contributed by atoms with Gasteiger partial charge >= 0.3 is 0 Å². The summed E-state index contributed by atoms with van der Waals surface area (Å²) in [6.45, 7) is 0. The van der Waals surface area contributed by atoms with Crippen LogP contribution >= 0.6 is 27.5 Å². The number of carbonyl (C=O) groups excluding carboxylic acids is 2. The SMILES string of the molecule is O=C1CC(=O)CC(c2ccc(Cl)c(Br)c2)C1. The normalized spacial score (nSPS) is 17.9. The van der Waals surface area contributed by atoms with E-state index in [9.17, 15) is 9.59 Å². The molecule has 0 saturated heterocycles. The van der Waals surface area contributed by atoms with Crippen molar-refractivity contribution in [2.75, 3.05) is 0 Å². The van der Waals surface area contributed by atoms with E-state index in [0.29, 0.717) is 17.9 Å². The summed E-state index contributed by atoms with van der Waals surface area (Å²) in [5.74, 6) is 0.0851. The largest absolute Gasteiger partial charge is 0.299 e. The second-order valence-electron chi connectivity index (χ2n) is 4.03. The fourth-order valence-corrected chi connectivity index (χ4v) is 2.50. The third kappa shape index (κ3) is 2.53. The van der Waals surface area contributed by atoms with E-state index in [1.807, 2.05) is 12.1 Å². The molecule has 0 radical (unpaired) electrons. The van der Waals surface area contributed by atoms with Crippen molar-refractivity contribution in [2.45, 2.75) is 25.2 Å². The van der Waals surface area contributed by atoms with Crippen molar-refractivity contribution in [3.63, 3.8) is 0 Å². The van der Waals surface area contributed by atoms with Crippen LogP contribution in [0.3, 0.4) is 0 Å². The van der Waals surface area contributed by atoms with Gasteiger partial charge in [0.2, 0.25) is 0 Å². The van der Waals surface area contributed by atoms with Crippen LogP contribution in [0, 0.1) is 0 Å². The Morgan fingerprint density at radius 3 is 2.38 bits per heavy atom. The van der Waals surface area contributed by atoms with Gasteiger partial charge in [0.15, 0.2) is 0 Å². The van der Waals surface area contributed by atoms with Gasteiger partial charge in [-0.1, -0.05) is 17.7 Å². The second kappa shape index (κ2) is 4.68. The number of hydrogen-bond acceptors (Lipinski definition) is 2. The van der Waals surface area contributed by atoms with Crippen molar-refractivity contribution in [1.82, 2.24) is 0 Å². The van der Waals surface area contributed by atoms with Crippen LogP contribution in [0.25, 0.3) is 0 Å². The van der Waals surface area contributed by atoms with E-state index in [1.54, 1.807) is 6.07 Å². The third-order valence-corrected chi connectivity index (χ3v) is 3.97. The molecule has 0 N–H and O–H groups in total. The van der Waals surface area contributed by atoms with Gasteiger partial charge in [-0.25, -0.2) is 0 Å². The number of Topliss-reactive ketones (excluding diaryl/α,β-unsaturated/α-hetero) is 2. The highest BCUT2D eigenvalue weighted by Gasteiger charge is 2.26. The summed E-state index contributed by atoms with van der Waals surface area (Å²) in [6, 6.07) is 5.55. The smallest absolute Gasteiger partial charge is 0.140 e. The zero-order valence-corrected chi connectivity index (χ0v) is 10.8. The zero-order valence-electron chi connectivity index (χ0n) is 8.50. The molecule has 1 aliphatic rings. The summed E-state index contributed by atoms with van der Waals surface area (Å²) in [4.78, 5) is 22.7. The van der Waals surface area contributed by atoms with E-state index >= 15 is 0 Å². The number of carbonyl (C=O) groups is 2. The Balaban J connectivity index is 2.26. The second-order valence-corrected chi connectivity index (χ2v) is 5.29. The Morgan fingerprint density at radius 2 is 1.81 bits per heavy atom. The van der Waals surface area contributed by atoms with Gasteiger partial charge in [-0.2, -0.15) is 0 Å². The van der Waals surface area contributed by atoms with Crippen LogP contribution in [0.2, 0.25) is 5.02 Å². The number of ketones is 2. The molecule has 0 bridgehead atoms. The van der Waals surface area contributed by atoms with Gasteiger partial charge in [0.05, 0.1) is 11.4 Å². The van der Waals surface area contributed by atoms with E-state index in [2.05, 4.69) is 15.9 Å². The maximum atomic E-state index is 11.4. The van der Waals surface area contributed by atoms with Gasteiger partial charge in [0.25, 0.3) is 0 Å². The van der Waals surface area contributed by atoms with Crippen LogP contribution < -0.4 is 0 Å². The van der Waals surface area contributed by atoms with Crippen molar-refractivity contribution in [3.8, 4) is 0 Å². The van der Waals surface area contributed by atoms with E-state index in [1.165, 1.54) is 0 Å². The molecule has 0 atom stereocenters.